The summed E-state index contributed by atoms with van der Waals surface area (Å²) in [6.07, 6.45) is 1.97. The van der Waals surface area contributed by atoms with Gasteiger partial charge in [0.25, 0.3) is 5.79 Å². The quantitative estimate of drug-likeness (QED) is 0.565. The summed E-state index contributed by atoms with van der Waals surface area (Å²) in [5, 5.41) is 0. The number of ketones is 1. The molecule has 18 heavy (non-hydrogen) atoms. The zero-order valence-corrected chi connectivity index (χ0v) is 11.0. The average molecular weight is 251 g/mol. The Kier molecular flexibility index (Phi) is 5.98. The number of carbonyl (C=O) groups is 1. The Morgan fingerprint density at radius 2 is 1.78 bits per heavy atom. The largest absolute Gasteiger partial charge is 0.343 e. The molecule has 0 saturated heterocycles. The molecule has 0 radical (unpaired) electrons. The Hall–Kier alpha value is -1.23. The number of methoxy groups -OCH3 is 2. The molecule has 1 rings (SSSR count). The molecule has 0 spiro atoms. The van der Waals surface area contributed by atoms with Gasteiger partial charge in [-0.1, -0.05) is 30.3 Å². The third kappa shape index (κ3) is 3.16. The minimum Gasteiger partial charge on any atom is -0.343 e. The van der Waals surface area contributed by atoms with Gasteiger partial charge in [0, 0.05) is 26.2 Å². The first kappa shape index (κ1) is 14.8. The van der Waals surface area contributed by atoms with Crippen LogP contribution in [-0.4, -0.2) is 26.5 Å². The molecule has 1 aromatic rings. The van der Waals surface area contributed by atoms with E-state index >= 15 is 0 Å². The lowest BCUT2D eigenvalue weighted by atomic mass is 9.97. The summed E-state index contributed by atoms with van der Waals surface area (Å²) >= 11 is 0. The van der Waals surface area contributed by atoms with Crippen molar-refractivity contribution in [2.75, 3.05) is 20.8 Å². The minimum absolute atomic E-state index is 0.0767. The SMILES string of the molecule is COC(OC)(C(=O)CCCCN)c1ccccc1. The fourth-order valence-corrected chi connectivity index (χ4v) is 1.96. The van der Waals surface area contributed by atoms with Gasteiger partial charge < -0.3 is 15.2 Å². The maximum Gasteiger partial charge on any atom is 0.255 e. The standard InChI is InChI=1S/C14H21NO3/c1-17-14(18-2,12-8-4-3-5-9-12)13(16)10-6-7-11-15/h3-5,8-9H,6-7,10-11,15H2,1-2H3. The molecule has 0 aliphatic rings. The highest BCUT2D eigenvalue weighted by atomic mass is 16.7. The maximum absolute atomic E-state index is 12.3. The third-order valence-corrected chi connectivity index (χ3v) is 2.95. The van der Waals surface area contributed by atoms with Crippen molar-refractivity contribution in [2.45, 2.75) is 25.0 Å². The van der Waals surface area contributed by atoms with E-state index in [2.05, 4.69) is 0 Å². The van der Waals surface area contributed by atoms with Gasteiger partial charge in [0.1, 0.15) is 0 Å². The summed E-state index contributed by atoms with van der Waals surface area (Å²) in [5.74, 6) is -1.37. The molecule has 0 fully saturated rings. The van der Waals surface area contributed by atoms with E-state index in [4.69, 9.17) is 15.2 Å². The van der Waals surface area contributed by atoms with Crippen molar-refractivity contribution in [3.63, 3.8) is 0 Å². The van der Waals surface area contributed by atoms with Crippen LogP contribution in [0.15, 0.2) is 30.3 Å². The van der Waals surface area contributed by atoms with Crippen molar-refractivity contribution < 1.29 is 14.3 Å². The minimum atomic E-state index is -1.30. The van der Waals surface area contributed by atoms with Crippen LogP contribution in [0.3, 0.4) is 0 Å². The second-order valence-corrected chi connectivity index (χ2v) is 4.06. The predicted octanol–water partition coefficient (Wildman–Crippen LogP) is 1.83. The van der Waals surface area contributed by atoms with Crippen molar-refractivity contribution in [3.05, 3.63) is 35.9 Å². The van der Waals surface area contributed by atoms with Crippen molar-refractivity contribution in [3.8, 4) is 0 Å². The summed E-state index contributed by atoms with van der Waals surface area (Å²) in [6, 6.07) is 9.25. The van der Waals surface area contributed by atoms with Gasteiger partial charge in [0.15, 0.2) is 5.78 Å². The summed E-state index contributed by atoms with van der Waals surface area (Å²) in [4.78, 5) is 12.3. The number of benzene rings is 1. The summed E-state index contributed by atoms with van der Waals surface area (Å²) in [5.41, 5.74) is 6.14. The second kappa shape index (κ2) is 7.26. The topological polar surface area (TPSA) is 61.5 Å². The Balaban J connectivity index is 2.90. The first-order chi connectivity index (χ1) is 8.71. The summed E-state index contributed by atoms with van der Waals surface area (Å²) in [7, 11) is 2.97. The highest BCUT2D eigenvalue weighted by molar-refractivity contribution is 5.87. The van der Waals surface area contributed by atoms with Crippen molar-refractivity contribution >= 4 is 5.78 Å². The van der Waals surface area contributed by atoms with Crippen LogP contribution >= 0.6 is 0 Å². The van der Waals surface area contributed by atoms with Gasteiger partial charge >= 0.3 is 0 Å². The molecule has 1 aromatic carbocycles. The first-order valence-electron chi connectivity index (χ1n) is 6.10. The van der Waals surface area contributed by atoms with Gasteiger partial charge in [-0.25, -0.2) is 0 Å². The number of nitrogens with two attached hydrogens (primary N) is 1. The van der Waals surface area contributed by atoms with E-state index < -0.39 is 5.79 Å². The van der Waals surface area contributed by atoms with Gasteiger partial charge in [-0.3, -0.25) is 4.79 Å². The molecule has 0 aromatic heterocycles. The van der Waals surface area contributed by atoms with Crippen LogP contribution in [0.2, 0.25) is 0 Å². The maximum atomic E-state index is 12.3. The lowest BCUT2D eigenvalue weighted by Gasteiger charge is -2.29. The average Bonchev–Trinajstić information content (AvgIpc) is 2.42. The van der Waals surface area contributed by atoms with Crippen LogP contribution in [0.5, 0.6) is 0 Å². The molecule has 0 saturated carbocycles. The molecule has 0 atom stereocenters. The lowest BCUT2D eigenvalue weighted by Crippen LogP contribution is -2.39. The molecule has 100 valence electrons. The van der Waals surface area contributed by atoms with Gasteiger partial charge in [0.05, 0.1) is 0 Å². The van der Waals surface area contributed by atoms with E-state index in [0.29, 0.717) is 18.5 Å². The van der Waals surface area contributed by atoms with Gasteiger partial charge in [-0.2, -0.15) is 0 Å². The number of hydrogen-bond donors (Lipinski definition) is 1. The molecule has 4 heteroatoms. The first-order valence-corrected chi connectivity index (χ1v) is 6.10. The van der Waals surface area contributed by atoms with Crippen LogP contribution in [0.1, 0.15) is 24.8 Å². The Morgan fingerprint density at radius 3 is 2.28 bits per heavy atom. The van der Waals surface area contributed by atoms with E-state index in [1.54, 1.807) is 0 Å². The fourth-order valence-electron chi connectivity index (χ4n) is 1.96. The summed E-state index contributed by atoms with van der Waals surface area (Å²) in [6.45, 7) is 0.589. The highest BCUT2D eigenvalue weighted by Gasteiger charge is 2.39. The highest BCUT2D eigenvalue weighted by Crippen LogP contribution is 2.28. The zero-order chi connectivity index (χ0) is 13.4. The molecule has 0 aliphatic carbocycles. The normalized spacial score (nSPS) is 11.5. The molecule has 0 heterocycles. The molecule has 0 bridgehead atoms. The smallest absolute Gasteiger partial charge is 0.255 e. The zero-order valence-electron chi connectivity index (χ0n) is 11.0. The predicted molar refractivity (Wildman–Crippen MR) is 70.1 cm³/mol. The Morgan fingerprint density at radius 1 is 1.17 bits per heavy atom. The monoisotopic (exact) mass is 251 g/mol. The van der Waals surface area contributed by atoms with Gasteiger partial charge in [-0.15, -0.1) is 0 Å². The van der Waals surface area contributed by atoms with Crippen LogP contribution in [0.4, 0.5) is 0 Å². The van der Waals surface area contributed by atoms with E-state index in [1.165, 1.54) is 14.2 Å². The Labute approximate surface area is 108 Å². The second-order valence-electron chi connectivity index (χ2n) is 4.06. The van der Waals surface area contributed by atoms with E-state index in [1.807, 2.05) is 30.3 Å². The number of unbranched alkanes of at least 4 members (excludes halogenated alkanes) is 1. The van der Waals surface area contributed by atoms with Crippen LogP contribution in [0.25, 0.3) is 0 Å². The lowest BCUT2D eigenvalue weighted by molar-refractivity contribution is -0.213. The van der Waals surface area contributed by atoms with E-state index in [0.717, 1.165) is 12.8 Å². The van der Waals surface area contributed by atoms with Crippen LogP contribution in [-0.2, 0) is 20.1 Å². The summed E-state index contributed by atoms with van der Waals surface area (Å²) < 4.78 is 10.7. The molecule has 2 N–H and O–H groups in total. The van der Waals surface area contributed by atoms with Gasteiger partial charge in [0.2, 0.25) is 0 Å². The number of ether oxygens (including phenoxy) is 2. The van der Waals surface area contributed by atoms with Crippen molar-refractivity contribution in [1.82, 2.24) is 0 Å². The van der Waals surface area contributed by atoms with Crippen LogP contribution < -0.4 is 5.73 Å². The molecule has 0 aliphatic heterocycles. The number of hydrogen-bond acceptors (Lipinski definition) is 4. The molecular formula is C14H21NO3. The molecule has 4 nitrogen and oxygen atoms in total. The Bertz CT molecular complexity index is 361. The van der Waals surface area contributed by atoms with Crippen molar-refractivity contribution in [1.29, 1.82) is 0 Å². The van der Waals surface area contributed by atoms with Gasteiger partial charge in [-0.05, 0) is 19.4 Å². The van der Waals surface area contributed by atoms with E-state index in [9.17, 15) is 4.79 Å². The van der Waals surface area contributed by atoms with Crippen molar-refractivity contribution in [2.24, 2.45) is 5.73 Å². The van der Waals surface area contributed by atoms with Crippen LogP contribution in [0, 0.1) is 0 Å². The molecule has 0 amide bonds. The fraction of sp³-hybridized carbons (Fsp3) is 0.500. The number of Topliss-reactive ketones (excluding diaryl/α,β-unsaturated/α-hetero) is 1. The molecule has 0 unspecified atom stereocenters. The molecular weight excluding hydrogens is 230 g/mol. The van der Waals surface area contributed by atoms with E-state index in [-0.39, 0.29) is 5.78 Å². The number of carbonyl (C=O) groups excluding carboxylic acids is 1. The third-order valence-electron chi connectivity index (χ3n) is 2.95. The number of rotatable bonds is 8.